The molecule has 2 aromatic carbocycles. The maximum Gasteiger partial charge on any atom is 0.280 e. The molecular weight excluding hydrogens is 358 g/mol. The van der Waals surface area contributed by atoms with Gasteiger partial charge in [0, 0.05) is 23.0 Å². The molecule has 0 saturated carbocycles. The van der Waals surface area contributed by atoms with E-state index in [9.17, 15) is 4.79 Å². The minimum Gasteiger partial charge on any atom is -0.294 e. The zero-order valence-electron chi connectivity index (χ0n) is 15.7. The molecule has 0 aliphatic rings. The number of nitrogens with one attached hydrogen (secondary N) is 1. The lowest BCUT2D eigenvalue weighted by Crippen LogP contribution is -2.20. The fraction of sp³-hybridized carbons (Fsp3) is 0.273. The average Bonchev–Trinajstić information content (AvgIpc) is 3.00. The van der Waals surface area contributed by atoms with Gasteiger partial charge in [0.1, 0.15) is 0 Å². The van der Waals surface area contributed by atoms with Crippen molar-refractivity contribution >= 4 is 17.3 Å². The van der Waals surface area contributed by atoms with E-state index in [4.69, 9.17) is 11.6 Å². The van der Waals surface area contributed by atoms with Crippen LogP contribution in [0.2, 0.25) is 5.02 Å². The molecule has 5 heteroatoms. The molecule has 27 heavy (non-hydrogen) atoms. The van der Waals surface area contributed by atoms with E-state index < -0.39 is 0 Å². The number of para-hydroxylation sites is 1. The van der Waals surface area contributed by atoms with Gasteiger partial charge in [0.25, 0.3) is 5.56 Å². The quantitative estimate of drug-likeness (QED) is 0.586. The molecule has 0 spiro atoms. The summed E-state index contributed by atoms with van der Waals surface area (Å²) in [5, 5.41) is 4.00. The number of hydrogen-bond donors (Lipinski definition) is 1. The van der Waals surface area contributed by atoms with Crippen LogP contribution in [0.25, 0.3) is 5.69 Å². The first-order valence-electron chi connectivity index (χ1n) is 9.25. The number of aryl methyl sites for hydroxylation is 1. The van der Waals surface area contributed by atoms with E-state index >= 15 is 0 Å². The van der Waals surface area contributed by atoms with E-state index in [1.807, 2.05) is 61.5 Å². The molecule has 0 amide bonds. The van der Waals surface area contributed by atoms with E-state index in [1.54, 1.807) is 4.68 Å². The molecule has 1 aromatic heterocycles. The Labute approximate surface area is 164 Å². The van der Waals surface area contributed by atoms with Crippen LogP contribution in [0, 0.1) is 0 Å². The molecular formula is C22H24ClN3O. The number of aliphatic imine (C=N–C) groups is 1. The van der Waals surface area contributed by atoms with Gasteiger partial charge in [-0.1, -0.05) is 55.3 Å². The van der Waals surface area contributed by atoms with Crippen LogP contribution in [0.3, 0.4) is 0 Å². The number of hydrogen-bond acceptors (Lipinski definition) is 2. The molecule has 3 aromatic rings. The van der Waals surface area contributed by atoms with E-state index in [0.29, 0.717) is 12.1 Å². The summed E-state index contributed by atoms with van der Waals surface area (Å²) in [4.78, 5) is 17.7. The first-order valence-corrected chi connectivity index (χ1v) is 9.63. The molecule has 0 fully saturated rings. The minimum atomic E-state index is -0.0441. The van der Waals surface area contributed by atoms with Crippen molar-refractivity contribution in [3.8, 4) is 5.69 Å². The van der Waals surface area contributed by atoms with Crippen molar-refractivity contribution in [2.24, 2.45) is 4.99 Å². The van der Waals surface area contributed by atoms with E-state index in [2.05, 4.69) is 17.0 Å². The number of benzene rings is 2. The molecule has 0 unspecified atom stereocenters. The Morgan fingerprint density at radius 3 is 2.44 bits per heavy atom. The van der Waals surface area contributed by atoms with Gasteiger partial charge >= 0.3 is 0 Å². The number of halogens is 1. The Morgan fingerprint density at radius 1 is 1.07 bits per heavy atom. The summed E-state index contributed by atoms with van der Waals surface area (Å²) < 4.78 is 1.61. The van der Waals surface area contributed by atoms with Crippen LogP contribution in [0.5, 0.6) is 0 Å². The summed E-state index contributed by atoms with van der Waals surface area (Å²) in [6, 6.07) is 17.4. The van der Waals surface area contributed by atoms with Gasteiger partial charge in [0.15, 0.2) is 0 Å². The normalized spacial score (nSPS) is 11.7. The van der Waals surface area contributed by atoms with Gasteiger partial charge in [-0.05, 0) is 49.6 Å². The van der Waals surface area contributed by atoms with Crippen molar-refractivity contribution < 1.29 is 0 Å². The van der Waals surface area contributed by atoms with Crippen molar-refractivity contribution in [3.05, 3.63) is 86.8 Å². The Bertz CT molecular complexity index is 969. The number of aromatic amines is 1. The highest BCUT2D eigenvalue weighted by molar-refractivity contribution is 6.30. The fourth-order valence-electron chi connectivity index (χ4n) is 3.13. The SMILES string of the molecule is CCCc1[nH]n(-c2ccccc2)c(=O)c1C(C)=NCCc1ccc(Cl)cc1. The van der Waals surface area contributed by atoms with Gasteiger partial charge in [-0.3, -0.25) is 14.9 Å². The molecule has 0 radical (unpaired) electrons. The van der Waals surface area contributed by atoms with Crippen LogP contribution in [-0.2, 0) is 12.8 Å². The Kier molecular flexibility index (Phi) is 6.30. The maximum atomic E-state index is 13.0. The van der Waals surface area contributed by atoms with E-state index in [0.717, 1.165) is 41.4 Å². The van der Waals surface area contributed by atoms with Gasteiger partial charge in [0.05, 0.1) is 11.3 Å². The van der Waals surface area contributed by atoms with Gasteiger partial charge in [-0.25, -0.2) is 4.68 Å². The van der Waals surface area contributed by atoms with Crippen molar-refractivity contribution in [3.63, 3.8) is 0 Å². The summed E-state index contributed by atoms with van der Waals surface area (Å²) in [5.41, 5.74) is 4.39. The Morgan fingerprint density at radius 2 is 1.78 bits per heavy atom. The van der Waals surface area contributed by atoms with Crippen LogP contribution < -0.4 is 5.56 Å². The molecule has 1 N–H and O–H groups in total. The van der Waals surface area contributed by atoms with Crippen molar-refractivity contribution in [1.29, 1.82) is 0 Å². The third-order valence-corrected chi connectivity index (χ3v) is 4.76. The van der Waals surface area contributed by atoms with Gasteiger partial charge in [-0.2, -0.15) is 0 Å². The van der Waals surface area contributed by atoms with Crippen molar-refractivity contribution in [1.82, 2.24) is 9.78 Å². The first-order chi connectivity index (χ1) is 13.1. The topological polar surface area (TPSA) is 50.1 Å². The summed E-state index contributed by atoms with van der Waals surface area (Å²) in [5.74, 6) is 0. The van der Waals surface area contributed by atoms with E-state index in [-0.39, 0.29) is 5.56 Å². The second-order valence-corrected chi connectivity index (χ2v) is 6.97. The predicted molar refractivity (Wildman–Crippen MR) is 113 cm³/mol. The molecule has 0 aliphatic carbocycles. The van der Waals surface area contributed by atoms with Crippen LogP contribution in [-0.4, -0.2) is 22.0 Å². The minimum absolute atomic E-state index is 0.0441. The lowest BCUT2D eigenvalue weighted by molar-refractivity contribution is 0.793. The molecule has 0 bridgehead atoms. The van der Waals surface area contributed by atoms with E-state index in [1.165, 1.54) is 5.56 Å². The van der Waals surface area contributed by atoms with Crippen LogP contribution in [0.15, 0.2) is 64.4 Å². The highest BCUT2D eigenvalue weighted by Gasteiger charge is 2.17. The number of H-pyrrole nitrogens is 1. The standard InChI is InChI=1S/C22H24ClN3O/c1-3-7-20-21(22(27)26(25-20)19-8-5-4-6-9-19)16(2)24-15-14-17-10-12-18(23)13-11-17/h4-6,8-13,25H,3,7,14-15H2,1-2H3. The summed E-state index contributed by atoms with van der Waals surface area (Å²) in [7, 11) is 0. The van der Waals surface area contributed by atoms with Crippen LogP contribution in [0.4, 0.5) is 0 Å². The lowest BCUT2D eigenvalue weighted by atomic mass is 10.1. The largest absolute Gasteiger partial charge is 0.294 e. The molecule has 1 heterocycles. The van der Waals surface area contributed by atoms with Gasteiger partial charge in [0.2, 0.25) is 0 Å². The molecule has 3 rings (SSSR count). The number of nitrogens with zero attached hydrogens (tertiary/aromatic N) is 2. The highest BCUT2D eigenvalue weighted by atomic mass is 35.5. The van der Waals surface area contributed by atoms with Gasteiger partial charge in [-0.15, -0.1) is 0 Å². The molecule has 0 saturated heterocycles. The van der Waals surface area contributed by atoms with Crippen LogP contribution >= 0.6 is 11.6 Å². The maximum absolute atomic E-state index is 13.0. The summed E-state index contributed by atoms with van der Waals surface area (Å²) in [6.07, 6.45) is 2.59. The zero-order chi connectivity index (χ0) is 19.2. The number of rotatable bonds is 7. The zero-order valence-corrected chi connectivity index (χ0v) is 16.5. The van der Waals surface area contributed by atoms with Gasteiger partial charge < -0.3 is 0 Å². The second-order valence-electron chi connectivity index (χ2n) is 6.54. The molecule has 0 atom stereocenters. The third-order valence-electron chi connectivity index (χ3n) is 4.50. The average molecular weight is 382 g/mol. The van der Waals surface area contributed by atoms with Crippen molar-refractivity contribution in [2.45, 2.75) is 33.1 Å². The predicted octanol–water partition coefficient (Wildman–Crippen LogP) is 4.82. The Hall–Kier alpha value is -2.59. The summed E-state index contributed by atoms with van der Waals surface area (Å²) >= 11 is 5.93. The molecule has 140 valence electrons. The smallest absolute Gasteiger partial charge is 0.280 e. The van der Waals surface area contributed by atoms with Crippen LogP contribution in [0.1, 0.15) is 37.1 Å². The first kappa shape index (κ1) is 19.2. The monoisotopic (exact) mass is 381 g/mol. The summed E-state index contributed by atoms with van der Waals surface area (Å²) in [6.45, 7) is 4.66. The molecule has 4 nitrogen and oxygen atoms in total. The second kappa shape index (κ2) is 8.87. The number of aromatic nitrogens is 2. The fourth-order valence-corrected chi connectivity index (χ4v) is 3.25. The molecule has 0 aliphatic heterocycles. The van der Waals surface area contributed by atoms with Crippen molar-refractivity contribution in [2.75, 3.05) is 6.54 Å². The highest BCUT2D eigenvalue weighted by Crippen LogP contribution is 2.12. The third kappa shape index (κ3) is 4.58. The Balaban J connectivity index is 1.86. The lowest BCUT2D eigenvalue weighted by Gasteiger charge is -2.02.